The molecule has 4 aliphatic rings. The van der Waals surface area contributed by atoms with E-state index in [1.54, 1.807) is 32.1 Å². The van der Waals surface area contributed by atoms with E-state index in [-0.39, 0.29) is 0 Å². The van der Waals surface area contributed by atoms with Crippen molar-refractivity contribution in [1.29, 1.82) is 0 Å². The molecule has 0 amide bonds. The molecule has 4 bridgehead atoms. The molecule has 4 aliphatic carbocycles. The lowest BCUT2D eigenvalue weighted by Gasteiger charge is -2.54. The smallest absolute Gasteiger partial charge is 0.0703 e. The third-order valence-electron chi connectivity index (χ3n) is 6.83. The molecule has 2 heteroatoms. The zero-order valence-corrected chi connectivity index (χ0v) is 13.7. The van der Waals surface area contributed by atoms with Crippen LogP contribution in [-0.2, 0) is 0 Å². The van der Waals surface area contributed by atoms with Crippen molar-refractivity contribution < 1.29 is 0 Å². The maximum atomic E-state index is 4.40. The Kier molecular flexibility index (Phi) is 3.31. The van der Waals surface area contributed by atoms with Gasteiger partial charge in [0.2, 0.25) is 0 Å². The second kappa shape index (κ2) is 5.51. The van der Waals surface area contributed by atoms with Gasteiger partial charge in [-0.3, -0.25) is 4.98 Å². The largest absolute Gasteiger partial charge is 0.385 e. The van der Waals surface area contributed by atoms with Crippen LogP contribution in [0.3, 0.4) is 0 Å². The van der Waals surface area contributed by atoms with Crippen molar-refractivity contribution in [2.45, 2.75) is 38.5 Å². The van der Waals surface area contributed by atoms with Crippen LogP contribution in [0.2, 0.25) is 0 Å². The van der Waals surface area contributed by atoms with Gasteiger partial charge < -0.3 is 5.32 Å². The minimum Gasteiger partial charge on any atom is -0.385 e. The Bertz CT molecular complexity index is 680. The number of benzene rings is 1. The molecule has 4 saturated carbocycles. The molecule has 6 rings (SSSR count). The number of nitrogens with zero attached hydrogens (tertiary/aromatic N) is 1. The number of anilines is 1. The predicted octanol–water partition coefficient (Wildman–Crippen LogP) is 5.11. The summed E-state index contributed by atoms with van der Waals surface area (Å²) in [6.07, 6.45) is 10.9. The maximum absolute atomic E-state index is 4.40. The van der Waals surface area contributed by atoms with Crippen LogP contribution in [0.4, 0.5) is 5.69 Å². The van der Waals surface area contributed by atoms with Gasteiger partial charge in [-0.15, -0.1) is 0 Å². The van der Waals surface area contributed by atoms with Crippen LogP contribution in [-0.4, -0.2) is 11.5 Å². The van der Waals surface area contributed by atoms with Gasteiger partial charge in [0, 0.05) is 23.8 Å². The monoisotopic (exact) mass is 306 g/mol. The van der Waals surface area contributed by atoms with E-state index >= 15 is 0 Å². The van der Waals surface area contributed by atoms with E-state index < -0.39 is 0 Å². The molecule has 23 heavy (non-hydrogen) atoms. The first-order chi connectivity index (χ1) is 11.3. The van der Waals surface area contributed by atoms with Crippen molar-refractivity contribution in [2.75, 3.05) is 11.9 Å². The fraction of sp³-hybridized carbons (Fsp3) is 0.571. The number of hydrogen-bond acceptors (Lipinski definition) is 2. The van der Waals surface area contributed by atoms with E-state index in [9.17, 15) is 0 Å². The highest BCUT2D eigenvalue weighted by atomic mass is 14.9. The highest BCUT2D eigenvalue weighted by Gasteiger charge is 2.47. The summed E-state index contributed by atoms with van der Waals surface area (Å²) in [5.74, 6) is 5.28. The third-order valence-corrected chi connectivity index (χ3v) is 6.83. The van der Waals surface area contributed by atoms with Gasteiger partial charge in [-0.2, -0.15) is 0 Å². The van der Waals surface area contributed by atoms with Gasteiger partial charge >= 0.3 is 0 Å². The van der Waals surface area contributed by atoms with Crippen LogP contribution in [0, 0.1) is 29.6 Å². The lowest BCUT2D eigenvalue weighted by atomic mass is 9.51. The van der Waals surface area contributed by atoms with Gasteiger partial charge in [0.15, 0.2) is 0 Å². The molecule has 2 aromatic rings. The number of fused-ring (bicyclic) bond motifs is 1. The summed E-state index contributed by atoms with van der Waals surface area (Å²) in [4.78, 5) is 4.40. The first-order valence-electron chi connectivity index (χ1n) is 9.44. The summed E-state index contributed by atoms with van der Waals surface area (Å²) in [5.41, 5.74) is 2.33. The summed E-state index contributed by atoms with van der Waals surface area (Å²) in [7, 11) is 0. The highest BCUT2D eigenvalue weighted by molar-refractivity contribution is 5.82. The zero-order valence-electron chi connectivity index (χ0n) is 13.7. The van der Waals surface area contributed by atoms with E-state index in [1.165, 1.54) is 17.5 Å². The molecule has 0 atom stereocenters. The Hall–Kier alpha value is -1.57. The van der Waals surface area contributed by atoms with Crippen molar-refractivity contribution in [3.63, 3.8) is 0 Å². The molecule has 0 radical (unpaired) electrons. The van der Waals surface area contributed by atoms with Crippen molar-refractivity contribution in [2.24, 2.45) is 29.6 Å². The molecule has 1 N–H and O–H groups in total. The molecule has 1 aromatic carbocycles. The molecule has 0 aliphatic heterocycles. The van der Waals surface area contributed by atoms with E-state index in [4.69, 9.17) is 0 Å². The fourth-order valence-corrected chi connectivity index (χ4v) is 6.08. The van der Waals surface area contributed by atoms with Gasteiger partial charge in [0.25, 0.3) is 0 Å². The first kappa shape index (κ1) is 13.8. The predicted molar refractivity (Wildman–Crippen MR) is 95.4 cm³/mol. The molecule has 0 spiro atoms. The molecule has 0 unspecified atom stereocenters. The third kappa shape index (κ3) is 2.52. The van der Waals surface area contributed by atoms with Gasteiger partial charge in [-0.05, 0) is 92.4 Å². The normalized spacial score (nSPS) is 34.9. The van der Waals surface area contributed by atoms with Crippen LogP contribution >= 0.6 is 0 Å². The van der Waals surface area contributed by atoms with E-state index in [0.29, 0.717) is 0 Å². The van der Waals surface area contributed by atoms with Crippen LogP contribution in [0.1, 0.15) is 38.5 Å². The van der Waals surface area contributed by atoms with E-state index in [2.05, 4.69) is 34.6 Å². The Balaban J connectivity index is 1.23. The topological polar surface area (TPSA) is 24.9 Å². The summed E-state index contributed by atoms with van der Waals surface area (Å²) in [5, 5.41) is 4.90. The second-order valence-electron chi connectivity index (χ2n) is 8.22. The average molecular weight is 306 g/mol. The minimum absolute atomic E-state index is 0.998. The van der Waals surface area contributed by atoms with Crippen LogP contribution < -0.4 is 5.32 Å². The molecule has 1 aromatic heterocycles. The minimum atomic E-state index is 0.998. The summed E-state index contributed by atoms with van der Waals surface area (Å²) in [6, 6.07) is 10.7. The lowest BCUT2D eigenvalue weighted by molar-refractivity contribution is -0.0381. The highest BCUT2D eigenvalue weighted by Crippen LogP contribution is 2.57. The van der Waals surface area contributed by atoms with Crippen molar-refractivity contribution in [3.05, 3.63) is 36.5 Å². The molecule has 0 saturated heterocycles. The number of nitrogens with one attached hydrogen (secondary N) is 1. The number of aromatic nitrogens is 1. The van der Waals surface area contributed by atoms with Crippen molar-refractivity contribution >= 4 is 16.6 Å². The maximum Gasteiger partial charge on any atom is 0.0703 e. The Morgan fingerprint density at radius 3 is 2.52 bits per heavy atom. The van der Waals surface area contributed by atoms with Crippen molar-refractivity contribution in [1.82, 2.24) is 4.98 Å². The van der Waals surface area contributed by atoms with Gasteiger partial charge in [-0.1, -0.05) is 6.07 Å². The summed E-state index contributed by atoms with van der Waals surface area (Å²) >= 11 is 0. The Morgan fingerprint density at radius 2 is 1.74 bits per heavy atom. The molecule has 120 valence electrons. The fourth-order valence-electron chi connectivity index (χ4n) is 6.08. The first-order valence-corrected chi connectivity index (χ1v) is 9.44. The van der Waals surface area contributed by atoms with Gasteiger partial charge in [0.1, 0.15) is 0 Å². The van der Waals surface area contributed by atoms with Gasteiger partial charge in [0.05, 0.1) is 5.52 Å². The Labute approximate surface area is 138 Å². The standard InChI is InChI=1S/C21H26N2/c1-2-16-13-19(3-4-21(16)23-6-1)22-7-5-20-17-9-14-8-15(11-17)12-18(20)10-14/h1-4,6,13-15,17-18,20,22H,5,7-12H2. The van der Waals surface area contributed by atoms with Crippen LogP contribution in [0.25, 0.3) is 10.9 Å². The summed E-state index contributed by atoms with van der Waals surface area (Å²) in [6.45, 7) is 1.12. The Morgan fingerprint density at radius 1 is 0.957 bits per heavy atom. The second-order valence-corrected chi connectivity index (χ2v) is 8.22. The summed E-state index contributed by atoms with van der Waals surface area (Å²) < 4.78 is 0. The molecular weight excluding hydrogens is 280 g/mol. The quantitative estimate of drug-likeness (QED) is 0.849. The lowest BCUT2D eigenvalue weighted by Crippen LogP contribution is -2.45. The van der Waals surface area contributed by atoms with E-state index in [1.807, 2.05) is 12.3 Å². The number of rotatable bonds is 4. The molecule has 1 heterocycles. The SMILES string of the molecule is c1cnc2ccc(NCCC3C4CC5CC(C4)CC3C5)cc2c1. The van der Waals surface area contributed by atoms with Crippen LogP contribution in [0.15, 0.2) is 36.5 Å². The van der Waals surface area contributed by atoms with Gasteiger partial charge in [-0.25, -0.2) is 0 Å². The number of hydrogen-bond donors (Lipinski definition) is 1. The molecule has 2 nitrogen and oxygen atoms in total. The van der Waals surface area contributed by atoms with E-state index in [0.717, 1.165) is 41.7 Å². The average Bonchev–Trinajstić information content (AvgIpc) is 2.56. The number of pyridine rings is 1. The van der Waals surface area contributed by atoms with Crippen molar-refractivity contribution in [3.8, 4) is 0 Å². The molecule has 4 fully saturated rings. The molecular formula is C21H26N2. The zero-order chi connectivity index (χ0) is 15.2. The van der Waals surface area contributed by atoms with Crippen LogP contribution in [0.5, 0.6) is 0 Å².